The molecule has 27 heavy (non-hydrogen) atoms. The molecule has 2 aliphatic rings. The largest absolute Gasteiger partial charge is 0.497 e. The normalized spacial score (nSPS) is 20.0. The highest BCUT2D eigenvalue weighted by molar-refractivity contribution is 5.46. The second-order valence-corrected chi connectivity index (χ2v) is 7.73. The van der Waals surface area contributed by atoms with Crippen LogP contribution in [0.4, 0.5) is 5.69 Å². The third kappa shape index (κ3) is 4.45. The number of para-hydroxylation sites is 1. The van der Waals surface area contributed by atoms with Gasteiger partial charge < -0.3 is 19.3 Å². The summed E-state index contributed by atoms with van der Waals surface area (Å²) in [7, 11) is 1.73. The van der Waals surface area contributed by atoms with Crippen molar-refractivity contribution in [3.05, 3.63) is 60.2 Å². The number of benzene rings is 2. The van der Waals surface area contributed by atoms with Crippen molar-refractivity contribution in [1.29, 1.82) is 0 Å². The second kappa shape index (κ2) is 8.32. The number of ether oxygens (including phenoxy) is 2. The maximum absolute atomic E-state index is 6.31. The van der Waals surface area contributed by atoms with Gasteiger partial charge >= 0.3 is 0 Å². The lowest BCUT2D eigenvalue weighted by Crippen LogP contribution is -2.57. The Morgan fingerprint density at radius 1 is 1.00 bits per heavy atom. The van der Waals surface area contributed by atoms with Crippen molar-refractivity contribution < 1.29 is 9.47 Å². The molecule has 4 heteroatoms. The summed E-state index contributed by atoms with van der Waals surface area (Å²) in [5.74, 6) is 0.946. The standard InChI is InChI=1S/C23H30N2O2/c1-26-22-9-5-6-20(18-22)10-13-24-14-11-23(12-15-24)19-25(16-17-27-23)21-7-3-2-4-8-21/h2-9,18H,10-17,19H2,1H3. The lowest BCUT2D eigenvalue weighted by Gasteiger charge is -2.48. The van der Waals surface area contributed by atoms with E-state index >= 15 is 0 Å². The topological polar surface area (TPSA) is 24.9 Å². The van der Waals surface area contributed by atoms with Gasteiger partial charge in [0.2, 0.25) is 0 Å². The quantitative estimate of drug-likeness (QED) is 0.807. The lowest BCUT2D eigenvalue weighted by molar-refractivity contribution is -0.0909. The Hall–Kier alpha value is -2.04. The monoisotopic (exact) mass is 366 g/mol. The molecule has 0 aromatic heterocycles. The molecule has 0 bridgehead atoms. The summed E-state index contributed by atoms with van der Waals surface area (Å²) in [4.78, 5) is 5.07. The maximum Gasteiger partial charge on any atom is 0.119 e. The molecule has 0 unspecified atom stereocenters. The highest BCUT2D eigenvalue weighted by atomic mass is 16.5. The molecule has 2 heterocycles. The first-order chi connectivity index (χ1) is 13.3. The number of hydrogen-bond donors (Lipinski definition) is 0. The van der Waals surface area contributed by atoms with Crippen LogP contribution in [-0.2, 0) is 11.2 Å². The maximum atomic E-state index is 6.31. The van der Waals surface area contributed by atoms with E-state index in [9.17, 15) is 0 Å². The van der Waals surface area contributed by atoms with Crippen LogP contribution >= 0.6 is 0 Å². The summed E-state index contributed by atoms with van der Waals surface area (Å²) in [5, 5.41) is 0. The van der Waals surface area contributed by atoms with E-state index in [0.29, 0.717) is 0 Å². The van der Waals surface area contributed by atoms with E-state index in [1.807, 2.05) is 6.07 Å². The minimum Gasteiger partial charge on any atom is -0.497 e. The molecule has 2 saturated heterocycles. The second-order valence-electron chi connectivity index (χ2n) is 7.73. The van der Waals surface area contributed by atoms with Crippen LogP contribution in [0.15, 0.2) is 54.6 Å². The molecule has 1 spiro atoms. The van der Waals surface area contributed by atoms with Gasteiger partial charge in [0, 0.05) is 38.4 Å². The molecule has 2 aromatic carbocycles. The number of nitrogens with zero attached hydrogens (tertiary/aromatic N) is 2. The predicted octanol–water partition coefficient (Wildman–Crippen LogP) is 3.61. The van der Waals surface area contributed by atoms with Gasteiger partial charge in [0.15, 0.2) is 0 Å². The molecule has 4 rings (SSSR count). The van der Waals surface area contributed by atoms with Crippen molar-refractivity contribution in [3.8, 4) is 5.75 Å². The summed E-state index contributed by atoms with van der Waals surface area (Å²) < 4.78 is 11.6. The van der Waals surface area contributed by atoms with Crippen molar-refractivity contribution in [2.24, 2.45) is 0 Å². The molecule has 2 fully saturated rings. The Morgan fingerprint density at radius 3 is 2.59 bits per heavy atom. The van der Waals surface area contributed by atoms with E-state index in [0.717, 1.165) is 64.3 Å². The predicted molar refractivity (Wildman–Crippen MR) is 110 cm³/mol. The van der Waals surface area contributed by atoms with Crippen LogP contribution in [0.2, 0.25) is 0 Å². The Bertz CT molecular complexity index is 726. The Balaban J connectivity index is 1.30. The van der Waals surface area contributed by atoms with E-state index in [4.69, 9.17) is 9.47 Å². The number of methoxy groups -OCH3 is 1. The molecular formula is C23H30N2O2. The highest BCUT2D eigenvalue weighted by Gasteiger charge is 2.39. The summed E-state index contributed by atoms with van der Waals surface area (Å²) in [6, 6.07) is 19.2. The molecule has 0 N–H and O–H groups in total. The Morgan fingerprint density at radius 2 is 1.81 bits per heavy atom. The van der Waals surface area contributed by atoms with Crippen LogP contribution in [0.3, 0.4) is 0 Å². The molecule has 4 nitrogen and oxygen atoms in total. The van der Waals surface area contributed by atoms with Gasteiger partial charge in [-0.05, 0) is 49.1 Å². The minimum atomic E-state index is 0.0283. The van der Waals surface area contributed by atoms with Crippen LogP contribution in [0.1, 0.15) is 18.4 Å². The van der Waals surface area contributed by atoms with Gasteiger partial charge in [-0.3, -0.25) is 0 Å². The molecule has 0 amide bonds. The Kier molecular flexibility index (Phi) is 5.65. The molecular weight excluding hydrogens is 336 g/mol. The number of likely N-dealkylation sites (tertiary alicyclic amines) is 1. The molecule has 2 aliphatic heterocycles. The molecule has 0 aliphatic carbocycles. The van der Waals surface area contributed by atoms with Gasteiger partial charge in [0.1, 0.15) is 5.75 Å². The number of piperidine rings is 1. The van der Waals surface area contributed by atoms with Crippen LogP contribution < -0.4 is 9.64 Å². The summed E-state index contributed by atoms with van der Waals surface area (Å²) in [5.41, 5.74) is 2.69. The summed E-state index contributed by atoms with van der Waals surface area (Å²) in [6.07, 6.45) is 3.31. The van der Waals surface area contributed by atoms with Gasteiger partial charge in [-0.1, -0.05) is 30.3 Å². The van der Waals surface area contributed by atoms with E-state index in [1.54, 1.807) is 7.11 Å². The fourth-order valence-electron chi connectivity index (χ4n) is 4.31. The van der Waals surface area contributed by atoms with Crippen LogP contribution in [0, 0.1) is 0 Å². The van der Waals surface area contributed by atoms with Gasteiger partial charge in [0.25, 0.3) is 0 Å². The molecule has 144 valence electrons. The third-order valence-electron chi connectivity index (χ3n) is 5.99. The first-order valence-electron chi connectivity index (χ1n) is 10.1. The number of rotatable bonds is 5. The average molecular weight is 367 g/mol. The summed E-state index contributed by atoms with van der Waals surface area (Å²) in [6.45, 7) is 6.18. The molecule has 2 aromatic rings. The van der Waals surface area contributed by atoms with Gasteiger partial charge in [-0.2, -0.15) is 0 Å². The van der Waals surface area contributed by atoms with Crippen LogP contribution in [0.25, 0.3) is 0 Å². The van der Waals surface area contributed by atoms with Crippen molar-refractivity contribution in [2.75, 3.05) is 51.3 Å². The molecule has 0 atom stereocenters. The zero-order valence-electron chi connectivity index (χ0n) is 16.3. The van der Waals surface area contributed by atoms with E-state index in [2.05, 4.69) is 58.3 Å². The number of hydrogen-bond acceptors (Lipinski definition) is 4. The SMILES string of the molecule is COc1cccc(CCN2CCC3(CC2)CN(c2ccccc2)CCO3)c1. The van der Waals surface area contributed by atoms with Gasteiger partial charge in [-0.25, -0.2) is 0 Å². The number of morpholine rings is 1. The number of anilines is 1. The van der Waals surface area contributed by atoms with Crippen LogP contribution in [0.5, 0.6) is 5.75 Å². The average Bonchev–Trinajstić information content (AvgIpc) is 2.74. The van der Waals surface area contributed by atoms with E-state index < -0.39 is 0 Å². The Labute approximate surface area is 162 Å². The van der Waals surface area contributed by atoms with Gasteiger partial charge in [-0.15, -0.1) is 0 Å². The van der Waals surface area contributed by atoms with E-state index in [1.165, 1.54) is 11.3 Å². The fourth-order valence-corrected chi connectivity index (χ4v) is 4.31. The highest BCUT2D eigenvalue weighted by Crippen LogP contribution is 2.32. The first-order valence-corrected chi connectivity index (χ1v) is 10.1. The van der Waals surface area contributed by atoms with Crippen LogP contribution in [-0.4, -0.2) is 56.9 Å². The van der Waals surface area contributed by atoms with Crippen molar-refractivity contribution >= 4 is 5.69 Å². The summed E-state index contributed by atoms with van der Waals surface area (Å²) >= 11 is 0. The molecule has 0 saturated carbocycles. The van der Waals surface area contributed by atoms with Crippen molar-refractivity contribution in [1.82, 2.24) is 4.90 Å². The minimum absolute atomic E-state index is 0.0283. The third-order valence-corrected chi connectivity index (χ3v) is 5.99. The van der Waals surface area contributed by atoms with Gasteiger partial charge in [0.05, 0.1) is 19.3 Å². The zero-order chi connectivity index (χ0) is 18.5. The van der Waals surface area contributed by atoms with Crippen molar-refractivity contribution in [3.63, 3.8) is 0 Å². The van der Waals surface area contributed by atoms with E-state index in [-0.39, 0.29) is 5.60 Å². The lowest BCUT2D eigenvalue weighted by atomic mass is 9.89. The fraction of sp³-hybridized carbons (Fsp3) is 0.478. The first kappa shape index (κ1) is 18.3. The molecule has 0 radical (unpaired) electrons. The van der Waals surface area contributed by atoms with Crippen molar-refractivity contribution in [2.45, 2.75) is 24.9 Å². The zero-order valence-corrected chi connectivity index (χ0v) is 16.3. The smallest absolute Gasteiger partial charge is 0.119 e.